The highest BCUT2D eigenvalue weighted by Crippen LogP contribution is 2.49. The van der Waals surface area contributed by atoms with Gasteiger partial charge in [0.2, 0.25) is 0 Å². The van der Waals surface area contributed by atoms with Crippen LogP contribution in [0.5, 0.6) is 0 Å². The number of aliphatic hydroxyl groups is 1. The molecule has 1 saturated carbocycles. The molecule has 0 spiro atoms. The molecule has 4 heteroatoms. The van der Waals surface area contributed by atoms with E-state index in [1.807, 2.05) is 6.07 Å². The van der Waals surface area contributed by atoms with Gasteiger partial charge in [-0.25, -0.2) is 4.79 Å². The molecule has 0 radical (unpaired) electrons. The molecule has 1 heterocycles. The molecule has 13 heavy (non-hydrogen) atoms. The molecule has 2 rings (SSSR count). The van der Waals surface area contributed by atoms with Gasteiger partial charge < -0.3 is 10.2 Å². The second kappa shape index (κ2) is 2.82. The van der Waals surface area contributed by atoms with Crippen LogP contribution < -0.4 is 0 Å². The number of hydrogen-bond donors (Lipinski definition) is 2. The van der Waals surface area contributed by atoms with Crippen LogP contribution in [0.4, 0.5) is 0 Å². The van der Waals surface area contributed by atoms with E-state index >= 15 is 0 Å². The van der Waals surface area contributed by atoms with Crippen molar-refractivity contribution in [3.63, 3.8) is 0 Å². The minimum atomic E-state index is -0.884. The topological polar surface area (TPSA) is 57.5 Å². The Hall–Kier alpha value is -0.870. The van der Waals surface area contributed by atoms with Crippen LogP contribution in [0.2, 0.25) is 0 Å². The van der Waals surface area contributed by atoms with Crippen LogP contribution in [0.1, 0.15) is 27.4 Å². The van der Waals surface area contributed by atoms with Gasteiger partial charge in [-0.15, -0.1) is 11.3 Å². The van der Waals surface area contributed by atoms with E-state index in [1.165, 1.54) is 11.3 Å². The van der Waals surface area contributed by atoms with Gasteiger partial charge in [0.15, 0.2) is 0 Å². The van der Waals surface area contributed by atoms with Crippen molar-refractivity contribution in [3.05, 3.63) is 21.9 Å². The smallest absolute Gasteiger partial charge is 0.345 e. The van der Waals surface area contributed by atoms with E-state index in [-0.39, 0.29) is 12.0 Å². The minimum absolute atomic E-state index is 0.0988. The molecule has 1 fully saturated rings. The lowest BCUT2D eigenvalue weighted by Gasteiger charge is -2.06. The number of thiophene rings is 1. The second-order valence-corrected chi connectivity index (χ2v) is 4.49. The number of aromatic carboxylic acids is 1. The first-order valence-electron chi connectivity index (χ1n) is 4.12. The van der Waals surface area contributed by atoms with Gasteiger partial charge in [0.1, 0.15) is 4.88 Å². The van der Waals surface area contributed by atoms with Crippen LogP contribution in [-0.2, 0) is 5.41 Å². The van der Waals surface area contributed by atoms with Crippen molar-refractivity contribution >= 4 is 17.3 Å². The molecule has 3 nitrogen and oxygen atoms in total. The number of rotatable bonds is 3. The van der Waals surface area contributed by atoms with Crippen LogP contribution >= 0.6 is 11.3 Å². The van der Waals surface area contributed by atoms with Gasteiger partial charge in [-0.3, -0.25) is 0 Å². The summed E-state index contributed by atoms with van der Waals surface area (Å²) >= 11 is 1.28. The Morgan fingerprint density at radius 2 is 2.23 bits per heavy atom. The van der Waals surface area contributed by atoms with Gasteiger partial charge in [0.05, 0.1) is 6.61 Å². The molecule has 0 atom stereocenters. The van der Waals surface area contributed by atoms with Gasteiger partial charge in [-0.2, -0.15) is 0 Å². The van der Waals surface area contributed by atoms with E-state index in [4.69, 9.17) is 10.2 Å². The lowest BCUT2D eigenvalue weighted by atomic mass is 10.1. The maximum Gasteiger partial charge on any atom is 0.345 e. The standard InChI is InChI=1S/C9H10O3S/c10-5-9(3-4-9)7-2-1-6(13-7)8(11)12/h1-2,10H,3-5H2,(H,11,12). The maximum absolute atomic E-state index is 10.6. The SMILES string of the molecule is O=C(O)c1ccc(C2(CO)CC2)s1. The highest BCUT2D eigenvalue weighted by Gasteiger charge is 2.45. The van der Waals surface area contributed by atoms with Gasteiger partial charge in [0, 0.05) is 10.3 Å². The summed E-state index contributed by atoms with van der Waals surface area (Å²) < 4.78 is 0. The average molecular weight is 198 g/mol. The fourth-order valence-corrected chi connectivity index (χ4v) is 2.45. The Labute approximate surface area is 79.6 Å². The van der Waals surface area contributed by atoms with Gasteiger partial charge >= 0.3 is 5.97 Å². The summed E-state index contributed by atoms with van der Waals surface area (Å²) in [5.74, 6) is -0.884. The third kappa shape index (κ3) is 1.36. The summed E-state index contributed by atoms with van der Waals surface area (Å²) in [4.78, 5) is 12.0. The Morgan fingerprint density at radius 3 is 2.62 bits per heavy atom. The lowest BCUT2D eigenvalue weighted by molar-refractivity contribution is 0.0702. The zero-order valence-corrected chi connectivity index (χ0v) is 7.80. The number of carboxylic acids is 1. The highest BCUT2D eigenvalue weighted by molar-refractivity contribution is 7.14. The first-order chi connectivity index (χ1) is 6.18. The molecular formula is C9H10O3S. The summed E-state index contributed by atoms with van der Waals surface area (Å²) in [6.45, 7) is 0.132. The van der Waals surface area contributed by atoms with E-state index in [1.54, 1.807) is 6.07 Å². The van der Waals surface area contributed by atoms with E-state index in [9.17, 15) is 4.79 Å². The van der Waals surface area contributed by atoms with E-state index in [0.717, 1.165) is 17.7 Å². The molecule has 1 aliphatic carbocycles. The van der Waals surface area contributed by atoms with E-state index in [0.29, 0.717) is 4.88 Å². The zero-order chi connectivity index (χ0) is 9.47. The van der Waals surface area contributed by atoms with Crippen LogP contribution in [-0.4, -0.2) is 22.8 Å². The molecule has 1 aromatic heterocycles. The minimum Gasteiger partial charge on any atom is -0.477 e. The monoisotopic (exact) mass is 198 g/mol. The summed E-state index contributed by atoms with van der Waals surface area (Å²) in [6, 6.07) is 3.43. The van der Waals surface area contributed by atoms with Crippen LogP contribution in [0.25, 0.3) is 0 Å². The summed E-state index contributed by atoms with van der Waals surface area (Å²) in [7, 11) is 0. The third-order valence-electron chi connectivity index (χ3n) is 2.50. The highest BCUT2D eigenvalue weighted by atomic mass is 32.1. The lowest BCUT2D eigenvalue weighted by Crippen LogP contribution is -2.09. The average Bonchev–Trinajstić information content (AvgIpc) is 2.75. The Morgan fingerprint density at radius 1 is 1.54 bits per heavy atom. The Balaban J connectivity index is 2.28. The molecule has 1 aromatic rings. The van der Waals surface area contributed by atoms with Gasteiger partial charge in [-0.1, -0.05) is 0 Å². The van der Waals surface area contributed by atoms with Crippen LogP contribution in [0, 0.1) is 0 Å². The third-order valence-corrected chi connectivity index (χ3v) is 3.82. The molecular weight excluding hydrogens is 188 g/mol. The molecule has 70 valence electrons. The molecule has 1 aliphatic rings. The summed E-state index contributed by atoms with van der Waals surface area (Å²) in [6.07, 6.45) is 1.95. The normalized spacial score (nSPS) is 18.5. The number of carbonyl (C=O) groups is 1. The van der Waals surface area contributed by atoms with Crippen molar-refractivity contribution in [2.75, 3.05) is 6.61 Å². The fraction of sp³-hybridized carbons (Fsp3) is 0.444. The largest absolute Gasteiger partial charge is 0.477 e. The maximum atomic E-state index is 10.6. The fourth-order valence-electron chi connectivity index (χ4n) is 1.37. The van der Waals surface area contributed by atoms with Gasteiger partial charge in [-0.05, 0) is 25.0 Å². The molecule has 0 bridgehead atoms. The molecule has 0 amide bonds. The van der Waals surface area contributed by atoms with Crippen LogP contribution in [0.15, 0.2) is 12.1 Å². The Kier molecular flexibility index (Phi) is 1.89. The molecule has 2 N–H and O–H groups in total. The predicted molar refractivity (Wildman–Crippen MR) is 49.3 cm³/mol. The first kappa shape index (κ1) is 8.72. The number of hydrogen-bond acceptors (Lipinski definition) is 3. The molecule has 0 unspecified atom stereocenters. The quantitative estimate of drug-likeness (QED) is 0.773. The summed E-state index contributed by atoms with van der Waals surface area (Å²) in [5.41, 5.74) is -0.0988. The second-order valence-electron chi connectivity index (χ2n) is 3.41. The van der Waals surface area contributed by atoms with Crippen molar-refractivity contribution in [2.24, 2.45) is 0 Å². The van der Waals surface area contributed by atoms with E-state index in [2.05, 4.69) is 0 Å². The van der Waals surface area contributed by atoms with Crippen molar-refractivity contribution in [3.8, 4) is 0 Å². The van der Waals surface area contributed by atoms with E-state index < -0.39 is 5.97 Å². The first-order valence-corrected chi connectivity index (χ1v) is 4.94. The zero-order valence-electron chi connectivity index (χ0n) is 6.99. The molecule has 0 saturated heterocycles. The molecule has 0 aliphatic heterocycles. The Bertz CT molecular complexity index is 338. The van der Waals surface area contributed by atoms with Gasteiger partial charge in [0.25, 0.3) is 0 Å². The summed E-state index contributed by atoms with van der Waals surface area (Å²) in [5, 5.41) is 17.8. The van der Waals surface area contributed by atoms with Crippen molar-refractivity contribution in [2.45, 2.75) is 18.3 Å². The number of aliphatic hydroxyl groups excluding tert-OH is 1. The molecule has 0 aromatic carbocycles. The van der Waals surface area contributed by atoms with Crippen molar-refractivity contribution in [1.29, 1.82) is 0 Å². The van der Waals surface area contributed by atoms with Crippen LogP contribution in [0.3, 0.4) is 0 Å². The van der Waals surface area contributed by atoms with Crippen molar-refractivity contribution < 1.29 is 15.0 Å². The number of carboxylic acid groups (broad SMARTS) is 1. The van der Waals surface area contributed by atoms with Crippen molar-refractivity contribution in [1.82, 2.24) is 0 Å². The predicted octanol–water partition coefficient (Wildman–Crippen LogP) is 1.47.